The summed E-state index contributed by atoms with van der Waals surface area (Å²) in [5, 5.41) is 5.71. The van der Waals surface area contributed by atoms with Crippen LogP contribution in [-0.4, -0.2) is 27.4 Å². The summed E-state index contributed by atoms with van der Waals surface area (Å²) in [6.45, 7) is 7.76. The molecule has 1 atom stereocenters. The van der Waals surface area contributed by atoms with E-state index in [0.717, 1.165) is 6.42 Å². The zero-order valence-corrected chi connectivity index (χ0v) is 17.0. The van der Waals surface area contributed by atoms with Crippen LogP contribution in [0.2, 0.25) is 0 Å². The number of aryl methyl sites for hydroxylation is 1. The number of imidazole rings is 1. The standard InChI is InChI=1S/C22H25FN4O2/c1-5-13(3)24-22(29)15-11-18(25-14(4)28)20-19(12-15)26-21(27(20)6-2)16-9-7-8-10-17(16)23/h7-13H,5-6H2,1-4H3,(H,24,29)(H,25,28)/t13-/m0/s1. The molecule has 3 rings (SSSR count). The second-order valence-electron chi connectivity index (χ2n) is 7.01. The molecule has 2 N–H and O–H groups in total. The van der Waals surface area contributed by atoms with Crippen molar-refractivity contribution in [2.45, 2.75) is 46.7 Å². The molecule has 0 unspecified atom stereocenters. The Bertz CT molecular complexity index is 1070. The number of carbonyl (C=O) groups is 2. The number of hydrogen-bond acceptors (Lipinski definition) is 3. The molecule has 0 bridgehead atoms. The molecule has 6 nitrogen and oxygen atoms in total. The normalized spacial score (nSPS) is 12.0. The number of rotatable bonds is 6. The van der Waals surface area contributed by atoms with Gasteiger partial charge in [0, 0.05) is 25.1 Å². The highest BCUT2D eigenvalue weighted by atomic mass is 19.1. The van der Waals surface area contributed by atoms with E-state index in [1.165, 1.54) is 13.0 Å². The Morgan fingerprint density at radius 2 is 1.93 bits per heavy atom. The molecule has 7 heteroatoms. The van der Waals surface area contributed by atoms with Gasteiger partial charge >= 0.3 is 0 Å². The lowest BCUT2D eigenvalue weighted by Crippen LogP contribution is -2.32. The van der Waals surface area contributed by atoms with Gasteiger partial charge in [0.2, 0.25) is 5.91 Å². The first-order valence-corrected chi connectivity index (χ1v) is 9.73. The number of anilines is 1. The first-order valence-electron chi connectivity index (χ1n) is 9.73. The van der Waals surface area contributed by atoms with Crippen LogP contribution < -0.4 is 10.6 Å². The van der Waals surface area contributed by atoms with Crippen molar-refractivity contribution in [3.05, 3.63) is 47.8 Å². The fraction of sp³-hybridized carbons (Fsp3) is 0.318. The van der Waals surface area contributed by atoms with Crippen LogP contribution >= 0.6 is 0 Å². The van der Waals surface area contributed by atoms with Gasteiger partial charge in [-0.1, -0.05) is 19.1 Å². The number of benzene rings is 2. The van der Waals surface area contributed by atoms with Crippen molar-refractivity contribution in [2.24, 2.45) is 0 Å². The van der Waals surface area contributed by atoms with Gasteiger partial charge in [-0.05, 0) is 44.5 Å². The molecular formula is C22H25FN4O2. The SMILES string of the molecule is CC[C@H](C)NC(=O)c1cc(NC(C)=O)c2c(c1)nc(-c1ccccc1F)n2CC. The van der Waals surface area contributed by atoms with E-state index >= 15 is 0 Å². The van der Waals surface area contributed by atoms with E-state index in [0.29, 0.717) is 40.2 Å². The lowest BCUT2D eigenvalue weighted by Gasteiger charge is -2.14. The van der Waals surface area contributed by atoms with E-state index in [9.17, 15) is 14.0 Å². The fourth-order valence-corrected chi connectivity index (χ4v) is 3.25. The zero-order valence-electron chi connectivity index (χ0n) is 17.0. The lowest BCUT2D eigenvalue weighted by atomic mass is 10.1. The van der Waals surface area contributed by atoms with Crippen LogP contribution in [0.5, 0.6) is 0 Å². The molecule has 0 radical (unpaired) electrons. The number of aromatic nitrogens is 2. The summed E-state index contributed by atoms with van der Waals surface area (Å²) in [5.74, 6) is -0.437. The predicted octanol–water partition coefficient (Wildman–Crippen LogP) is 4.35. The molecule has 1 aromatic heterocycles. The quantitative estimate of drug-likeness (QED) is 0.650. The van der Waals surface area contributed by atoms with Gasteiger partial charge in [0.15, 0.2) is 0 Å². The van der Waals surface area contributed by atoms with Crippen molar-refractivity contribution in [2.75, 3.05) is 5.32 Å². The van der Waals surface area contributed by atoms with E-state index in [1.807, 2.05) is 25.3 Å². The largest absolute Gasteiger partial charge is 0.350 e. The Kier molecular flexibility index (Phi) is 5.96. The highest BCUT2D eigenvalue weighted by Crippen LogP contribution is 2.32. The maximum absolute atomic E-state index is 14.4. The molecule has 0 aliphatic rings. The van der Waals surface area contributed by atoms with Crippen LogP contribution in [0.4, 0.5) is 10.1 Å². The van der Waals surface area contributed by atoms with Crippen molar-refractivity contribution in [3.8, 4) is 11.4 Å². The van der Waals surface area contributed by atoms with Crippen LogP contribution in [0.25, 0.3) is 22.4 Å². The summed E-state index contributed by atoms with van der Waals surface area (Å²) in [6.07, 6.45) is 0.800. The molecule has 29 heavy (non-hydrogen) atoms. The third kappa shape index (κ3) is 4.13. The number of fused-ring (bicyclic) bond motifs is 1. The highest BCUT2D eigenvalue weighted by Gasteiger charge is 2.20. The third-order valence-corrected chi connectivity index (χ3v) is 4.84. The summed E-state index contributed by atoms with van der Waals surface area (Å²) < 4.78 is 16.3. The Morgan fingerprint density at radius 3 is 2.55 bits per heavy atom. The number of carbonyl (C=O) groups excluding carboxylic acids is 2. The van der Waals surface area contributed by atoms with Crippen LogP contribution in [0, 0.1) is 5.82 Å². The van der Waals surface area contributed by atoms with Crippen LogP contribution in [0.1, 0.15) is 44.5 Å². The maximum Gasteiger partial charge on any atom is 0.251 e. The monoisotopic (exact) mass is 396 g/mol. The van der Waals surface area contributed by atoms with Gasteiger partial charge in [-0.2, -0.15) is 0 Å². The summed E-state index contributed by atoms with van der Waals surface area (Å²) in [4.78, 5) is 29.1. The van der Waals surface area contributed by atoms with Crippen molar-refractivity contribution in [1.82, 2.24) is 14.9 Å². The van der Waals surface area contributed by atoms with Gasteiger partial charge in [-0.25, -0.2) is 9.37 Å². The number of amides is 2. The minimum atomic E-state index is -0.381. The summed E-state index contributed by atoms with van der Waals surface area (Å²) in [6, 6.07) is 9.75. The molecule has 0 aliphatic carbocycles. The molecule has 152 valence electrons. The molecule has 0 saturated heterocycles. The Hall–Kier alpha value is -3.22. The van der Waals surface area contributed by atoms with E-state index in [-0.39, 0.29) is 23.7 Å². The first-order chi connectivity index (χ1) is 13.8. The molecule has 0 spiro atoms. The van der Waals surface area contributed by atoms with Crippen LogP contribution in [0.3, 0.4) is 0 Å². The molecule has 0 saturated carbocycles. The van der Waals surface area contributed by atoms with Gasteiger partial charge < -0.3 is 15.2 Å². The highest BCUT2D eigenvalue weighted by molar-refractivity contribution is 6.05. The lowest BCUT2D eigenvalue weighted by molar-refractivity contribution is -0.114. The minimum Gasteiger partial charge on any atom is -0.350 e. The number of halogens is 1. The van der Waals surface area contributed by atoms with Crippen LogP contribution in [0.15, 0.2) is 36.4 Å². The van der Waals surface area contributed by atoms with Gasteiger partial charge in [0.25, 0.3) is 5.91 Å². The van der Waals surface area contributed by atoms with Crippen LogP contribution in [-0.2, 0) is 11.3 Å². The van der Waals surface area contributed by atoms with Gasteiger partial charge in [-0.3, -0.25) is 9.59 Å². The molecule has 2 amide bonds. The molecule has 1 heterocycles. The smallest absolute Gasteiger partial charge is 0.251 e. The van der Waals surface area contributed by atoms with Crippen molar-refractivity contribution >= 4 is 28.5 Å². The topological polar surface area (TPSA) is 76.0 Å². The Balaban J connectivity index is 2.23. The summed E-state index contributed by atoms with van der Waals surface area (Å²) in [7, 11) is 0. The third-order valence-electron chi connectivity index (χ3n) is 4.84. The number of hydrogen-bond donors (Lipinski definition) is 2. The summed E-state index contributed by atoms with van der Waals surface area (Å²) >= 11 is 0. The number of nitrogens with one attached hydrogen (secondary N) is 2. The maximum atomic E-state index is 14.4. The Morgan fingerprint density at radius 1 is 1.21 bits per heavy atom. The average molecular weight is 396 g/mol. The molecule has 2 aromatic carbocycles. The second-order valence-corrected chi connectivity index (χ2v) is 7.01. The van der Waals surface area contributed by atoms with E-state index in [4.69, 9.17) is 0 Å². The first kappa shape index (κ1) is 20.5. The molecule has 0 fully saturated rings. The molecular weight excluding hydrogens is 371 g/mol. The van der Waals surface area contributed by atoms with Crippen molar-refractivity contribution < 1.29 is 14.0 Å². The van der Waals surface area contributed by atoms with Gasteiger partial charge in [0.1, 0.15) is 11.6 Å². The predicted molar refractivity (Wildman–Crippen MR) is 112 cm³/mol. The molecule has 0 aliphatic heterocycles. The number of nitrogens with zero attached hydrogens (tertiary/aromatic N) is 2. The Labute approximate surface area is 169 Å². The van der Waals surface area contributed by atoms with Gasteiger partial charge in [0.05, 0.1) is 22.3 Å². The second kappa shape index (κ2) is 8.43. The van der Waals surface area contributed by atoms with E-state index < -0.39 is 0 Å². The minimum absolute atomic E-state index is 0.0181. The van der Waals surface area contributed by atoms with Crippen molar-refractivity contribution in [3.63, 3.8) is 0 Å². The van der Waals surface area contributed by atoms with E-state index in [1.54, 1.807) is 30.3 Å². The fourth-order valence-electron chi connectivity index (χ4n) is 3.25. The summed E-state index contributed by atoms with van der Waals surface area (Å²) in [5.41, 5.74) is 2.40. The average Bonchev–Trinajstić information content (AvgIpc) is 3.06. The van der Waals surface area contributed by atoms with Gasteiger partial charge in [-0.15, -0.1) is 0 Å². The van der Waals surface area contributed by atoms with E-state index in [2.05, 4.69) is 15.6 Å². The zero-order chi connectivity index (χ0) is 21.1. The van der Waals surface area contributed by atoms with Crippen molar-refractivity contribution in [1.29, 1.82) is 0 Å². The molecule has 3 aromatic rings.